The highest BCUT2D eigenvalue weighted by Gasteiger charge is 2.14. The minimum Gasteiger partial charge on any atom is -0.345 e. The largest absolute Gasteiger partial charge is 0.345 e. The van der Waals surface area contributed by atoms with Crippen molar-refractivity contribution in [1.82, 2.24) is 19.9 Å². The van der Waals surface area contributed by atoms with Crippen molar-refractivity contribution >= 4 is 22.8 Å². The third-order valence-electron chi connectivity index (χ3n) is 4.58. The van der Waals surface area contributed by atoms with Gasteiger partial charge >= 0.3 is 0 Å². The number of benzene rings is 2. The summed E-state index contributed by atoms with van der Waals surface area (Å²) in [6.07, 6.45) is 1.66. The van der Waals surface area contributed by atoms with Gasteiger partial charge < -0.3 is 9.88 Å². The van der Waals surface area contributed by atoms with Gasteiger partial charge in [-0.15, -0.1) is 0 Å². The third kappa shape index (κ3) is 4.00. The van der Waals surface area contributed by atoms with E-state index in [4.69, 9.17) is 0 Å². The molecule has 0 saturated carbocycles. The minimum atomic E-state index is -0.521. The maximum Gasteiger partial charge on any atom is 0.269 e. The van der Waals surface area contributed by atoms with Crippen LogP contribution in [0.5, 0.6) is 0 Å². The molecule has 0 atom stereocenters. The summed E-state index contributed by atoms with van der Waals surface area (Å²) in [6, 6.07) is 15.1. The number of amides is 1. The number of hydrogen-bond acceptors (Lipinski definition) is 5. The molecule has 4 aromatic rings. The Balaban J connectivity index is 1.56. The van der Waals surface area contributed by atoms with Crippen molar-refractivity contribution in [3.05, 3.63) is 99.7 Å². The Morgan fingerprint density at radius 1 is 1.10 bits per heavy atom. The van der Waals surface area contributed by atoms with Crippen LogP contribution in [0.15, 0.2) is 66.9 Å². The zero-order valence-corrected chi connectivity index (χ0v) is 15.7. The number of rotatable bonds is 6. The maximum atomic E-state index is 13.2. The molecule has 1 N–H and O–H groups in total. The van der Waals surface area contributed by atoms with Crippen LogP contribution in [0, 0.1) is 15.9 Å². The second kappa shape index (κ2) is 8.08. The number of hydrogen-bond donors (Lipinski definition) is 1. The minimum absolute atomic E-state index is 0.0845. The van der Waals surface area contributed by atoms with E-state index in [0.717, 1.165) is 5.56 Å². The standard InChI is InChI=1S/C21H16FN5O3/c22-16-7-3-14(4-8-16)13-26-19(25-18-2-1-11-23-20(18)26)12-24-21(28)15-5-9-17(10-6-15)27(29)30/h1-11H,12-13H2,(H,24,28). The quantitative estimate of drug-likeness (QED) is 0.391. The molecule has 0 aliphatic carbocycles. The van der Waals surface area contributed by atoms with Crippen molar-refractivity contribution in [3.63, 3.8) is 0 Å². The molecule has 0 aliphatic heterocycles. The number of pyridine rings is 1. The van der Waals surface area contributed by atoms with Gasteiger partial charge in [-0.3, -0.25) is 14.9 Å². The number of nitro benzene ring substituents is 1. The summed E-state index contributed by atoms with van der Waals surface area (Å²) >= 11 is 0. The number of fused-ring (bicyclic) bond motifs is 1. The molecule has 2 aromatic carbocycles. The number of halogens is 1. The fourth-order valence-corrected chi connectivity index (χ4v) is 3.07. The smallest absolute Gasteiger partial charge is 0.269 e. The first-order valence-corrected chi connectivity index (χ1v) is 9.08. The van der Waals surface area contributed by atoms with Gasteiger partial charge in [-0.1, -0.05) is 12.1 Å². The van der Waals surface area contributed by atoms with Gasteiger partial charge in [0, 0.05) is 23.9 Å². The van der Waals surface area contributed by atoms with Gasteiger partial charge in [0.1, 0.15) is 17.2 Å². The summed E-state index contributed by atoms with van der Waals surface area (Å²) in [7, 11) is 0. The van der Waals surface area contributed by atoms with E-state index in [0.29, 0.717) is 29.1 Å². The number of nitro groups is 1. The summed E-state index contributed by atoms with van der Waals surface area (Å²) in [5, 5.41) is 13.5. The van der Waals surface area contributed by atoms with E-state index in [2.05, 4.69) is 15.3 Å². The molecular formula is C21H16FN5O3. The second-order valence-electron chi connectivity index (χ2n) is 6.57. The number of imidazole rings is 1. The number of nitrogens with one attached hydrogen (secondary N) is 1. The van der Waals surface area contributed by atoms with E-state index in [9.17, 15) is 19.3 Å². The third-order valence-corrected chi connectivity index (χ3v) is 4.58. The average Bonchev–Trinajstić information content (AvgIpc) is 3.11. The Bertz CT molecular complexity index is 1220. The van der Waals surface area contributed by atoms with E-state index < -0.39 is 4.92 Å². The lowest BCUT2D eigenvalue weighted by Gasteiger charge is -2.10. The first-order valence-electron chi connectivity index (χ1n) is 9.08. The van der Waals surface area contributed by atoms with Crippen molar-refractivity contribution in [2.45, 2.75) is 13.1 Å². The van der Waals surface area contributed by atoms with Crippen LogP contribution >= 0.6 is 0 Å². The summed E-state index contributed by atoms with van der Waals surface area (Å²) in [5.41, 5.74) is 2.42. The van der Waals surface area contributed by atoms with Gasteiger partial charge in [0.25, 0.3) is 11.6 Å². The Hall–Kier alpha value is -4.14. The zero-order chi connectivity index (χ0) is 21.1. The molecule has 150 valence electrons. The molecule has 0 spiro atoms. The zero-order valence-electron chi connectivity index (χ0n) is 15.7. The van der Waals surface area contributed by atoms with Crippen LogP contribution in [-0.4, -0.2) is 25.4 Å². The Labute approximate surface area is 170 Å². The SMILES string of the molecule is O=C(NCc1nc2cccnc2n1Cc1ccc(F)cc1)c1ccc([N+](=O)[O-])cc1. The number of carbonyl (C=O) groups is 1. The highest BCUT2D eigenvalue weighted by molar-refractivity contribution is 5.94. The van der Waals surface area contributed by atoms with Gasteiger partial charge in [-0.2, -0.15) is 0 Å². The lowest BCUT2D eigenvalue weighted by Crippen LogP contribution is -2.25. The van der Waals surface area contributed by atoms with Crippen molar-refractivity contribution < 1.29 is 14.1 Å². The van der Waals surface area contributed by atoms with Crippen LogP contribution in [-0.2, 0) is 13.1 Å². The van der Waals surface area contributed by atoms with Crippen molar-refractivity contribution in [2.75, 3.05) is 0 Å². The van der Waals surface area contributed by atoms with Crippen LogP contribution in [0.2, 0.25) is 0 Å². The van der Waals surface area contributed by atoms with Crippen LogP contribution in [0.25, 0.3) is 11.2 Å². The first kappa shape index (κ1) is 19.2. The van der Waals surface area contributed by atoms with Gasteiger partial charge in [-0.25, -0.2) is 14.4 Å². The molecule has 0 saturated heterocycles. The monoisotopic (exact) mass is 405 g/mol. The molecular weight excluding hydrogens is 389 g/mol. The molecule has 0 unspecified atom stereocenters. The van der Waals surface area contributed by atoms with Crippen LogP contribution in [0.3, 0.4) is 0 Å². The molecule has 0 bridgehead atoms. The molecule has 4 rings (SSSR count). The first-order chi connectivity index (χ1) is 14.5. The topological polar surface area (TPSA) is 103 Å². The van der Waals surface area contributed by atoms with E-state index in [1.165, 1.54) is 36.4 Å². The predicted octanol–water partition coefficient (Wildman–Crippen LogP) is 3.46. The van der Waals surface area contributed by atoms with Crippen LogP contribution < -0.4 is 5.32 Å². The summed E-state index contributed by atoms with van der Waals surface area (Å²) in [4.78, 5) is 31.6. The normalized spacial score (nSPS) is 10.8. The maximum absolute atomic E-state index is 13.2. The fourth-order valence-electron chi connectivity index (χ4n) is 3.07. The second-order valence-corrected chi connectivity index (χ2v) is 6.57. The predicted molar refractivity (Wildman–Crippen MR) is 107 cm³/mol. The van der Waals surface area contributed by atoms with Gasteiger partial charge in [0.15, 0.2) is 5.65 Å². The van der Waals surface area contributed by atoms with Crippen LogP contribution in [0.1, 0.15) is 21.7 Å². The van der Waals surface area contributed by atoms with Gasteiger partial charge in [0.2, 0.25) is 0 Å². The van der Waals surface area contributed by atoms with Crippen molar-refractivity contribution in [3.8, 4) is 0 Å². The number of non-ortho nitro benzene ring substituents is 1. The number of aromatic nitrogens is 3. The van der Waals surface area contributed by atoms with Crippen molar-refractivity contribution in [2.24, 2.45) is 0 Å². The van der Waals surface area contributed by atoms with Crippen molar-refractivity contribution in [1.29, 1.82) is 0 Å². The molecule has 1 amide bonds. The highest BCUT2D eigenvalue weighted by Crippen LogP contribution is 2.17. The molecule has 0 aliphatic rings. The molecule has 2 heterocycles. The average molecular weight is 405 g/mol. The van der Waals surface area contributed by atoms with E-state index in [-0.39, 0.29) is 24.0 Å². The van der Waals surface area contributed by atoms with E-state index in [1.54, 1.807) is 24.4 Å². The summed E-state index contributed by atoms with van der Waals surface area (Å²) < 4.78 is 15.1. The molecule has 0 radical (unpaired) electrons. The van der Waals surface area contributed by atoms with E-state index in [1.807, 2.05) is 10.6 Å². The fraction of sp³-hybridized carbons (Fsp3) is 0.0952. The molecule has 30 heavy (non-hydrogen) atoms. The van der Waals surface area contributed by atoms with Gasteiger partial charge in [0.05, 0.1) is 18.0 Å². The van der Waals surface area contributed by atoms with E-state index >= 15 is 0 Å². The Kier molecular flexibility index (Phi) is 5.17. The highest BCUT2D eigenvalue weighted by atomic mass is 19.1. The molecule has 2 aromatic heterocycles. The summed E-state index contributed by atoms with van der Waals surface area (Å²) in [5.74, 6) is -0.107. The number of carbonyl (C=O) groups excluding carboxylic acids is 1. The Morgan fingerprint density at radius 2 is 1.83 bits per heavy atom. The molecule has 8 nitrogen and oxygen atoms in total. The summed E-state index contributed by atoms with van der Waals surface area (Å²) in [6.45, 7) is 0.546. The molecule has 0 fully saturated rings. The van der Waals surface area contributed by atoms with Crippen LogP contribution in [0.4, 0.5) is 10.1 Å². The lowest BCUT2D eigenvalue weighted by atomic mass is 10.2. The van der Waals surface area contributed by atoms with Gasteiger partial charge in [-0.05, 0) is 42.0 Å². The Morgan fingerprint density at radius 3 is 2.53 bits per heavy atom. The lowest BCUT2D eigenvalue weighted by molar-refractivity contribution is -0.384. The molecule has 9 heteroatoms. The number of nitrogens with zero attached hydrogens (tertiary/aromatic N) is 4.